The van der Waals surface area contributed by atoms with Crippen LogP contribution in [0.5, 0.6) is 0 Å². The smallest absolute Gasteiger partial charge is 0.273 e. The summed E-state index contributed by atoms with van der Waals surface area (Å²) in [5, 5.41) is -0.148. The van der Waals surface area contributed by atoms with Gasteiger partial charge in [0.2, 0.25) is 5.91 Å². The summed E-state index contributed by atoms with van der Waals surface area (Å²) >= 11 is 0.639. The van der Waals surface area contributed by atoms with Crippen LogP contribution in [0.4, 0.5) is 17.6 Å². The molecule has 6 nitrogen and oxygen atoms in total. The van der Waals surface area contributed by atoms with Crippen molar-refractivity contribution in [3.05, 3.63) is 64.5 Å². The van der Waals surface area contributed by atoms with Crippen LogP contribution in [0.15, 0.2) is 52.7 Å². The van der Waals surface area contributed by atoms with Crippen molar-refractivity contribution in [1.29, 1.82) is 0 Å². The van der Waals surface area contributed by atoms with Gasteiger partial charge in [-0.15, -0.1) is 0 Å². The molecule has 2 aromatic heterocycles. The maximum Gasteiger partial charge on any atom is 0.389 e. The van der Waals surface area contributed by atoms with E-state index in [9.17, 15) is 27.2 Å². The Bertz CT molecular complexity index is 1090. The first-order valence-electron chi connectivity index (χ1n) is 8.33. The van der Waals surface area contributed by atoms with Crippen LogP contribution in [0.2, 0.25) is 0 Å². The summed E-state index contributed by atoms with van der Waals surface area (Å²) in [6.07, 6.45) is -2.59. The van der Waals surface area contributed by atoms with E-state index in [-0.39, 0.29) is 22.5 Å². The van der Waals surface area contributed by atoms with Gasteiger partial charge in [0.1, 0.15) is 5.82 Å². The molecule has 1 N–H and O–H groups in total. The lowest BCUT2D eigenvalue weighted by Gasteiger charge is -2.14. The molecule has 0 aliphatic carbocycles. The van der Waals surface area contributed by atoms with E-state index in [2.05, 4.69) is 15.4 Å². The molecule has 1 aromatic carbocycles. The molecular formula is C18H14F4N4O2S. The van der Waals surface area contributed by atoms with Crippen molar-refractivity contribution < 1.29 is 22.4 Å². The Kier molecular flexibility index (Phi) is 6.16. The average Bonchev–Trinajstić information content (AvgIpc) is 2.64. The molecule has 29 heavy (non-hydrogen) atoms. The third-order valence-electron chi connectivity index (χ3n) is 3.74. The predicted octanol–water partition coefficient (Wildman–Crippen LogP) is 3.29. The second-order valence-corrected chi connectivity index (χ2v) is 7.05. The lowest BCUT2D eigenvalue weighted by molar-refractivity contribution is -0.129. The number of halogens is 4. The molecule has 152 valence electrons. The largest absolute Gasteiger partial charge is 0.389 e. The molecule has 0 atom stereocenters. The Balaban J connectivity index is 1.92. The van der Waals surface area contributed by atoms with Gasteiger partial charge < -0.3 is 0 Å². The first-order chi connectivity index (χ1) is 13.7. The van der Waals surface area contributed by atoms with E-state index in [1.807, 2.05) is 0 Å². The van der Waals surface area contributed by atoms with Crippen LogP contribution in [0.3, 0.4) is 0 Å². The summed E-state index contributed by atoms with van der Waals surface area (Å²) in [6, 6.07) is 6.57. The van der Waals surface area contributed by atoms with E-state index in [0.717, 1.165) is 16.8 Å². The van der Waals surface area contributed by atoms with Crippen LogP contribution < -0.4 is 11.0 Å². The maximum atomic E-state index is 13.5. The highest BCUT2D eigenvalue weighted by Gasteiger charge is 2.27. The number of hydrogen-bond donors (Lipinski definition) is 1. The molecule has 11 heteroatoms. The van der Waals surface area contributed by atoms with Gasteiger partial charge in [0.05, 0.1) is 23.7 Å². The number of rotatable bonds is 6. The highest BCUT2D eigenvalue weighted by molar-refractivity contribution is 7.99. The van der Waals surface area contributed by atoms with Gasteiger partial charge in [-0.25, -0.2) is 9.37 Å². The Hall–Kier alpha value is -2.95. The molecule has 2 heterocycles. The minimum atomic E-state index is -4.38. The summed E-state index contributed by atoms with van der Waals surface area (Å²) in [4.78, 5) is 33.0. The van der Waals surface area contributed by atoms with Crippen LogP contribution in [0.25, 0.3) is 10.9 Å². The van der Waals surface area contributed by atoms with Crippen molar-refractivity contribution >= 4 is 28.6 Å². The summed E-state index contributed by atoms with van der Waals surface area (Å²) in [7, 11) is 0. The molecule has 3 rings (SSSR count). The standard InChI is InChI=1S/C18H14F4N4O2S/c19-12-3-4-13-14(9-12)24-17(29-7-5-18(20,21)22)26(16(13)28)25-15(27)8-11-2-1-6-23-10-11/h1-4,6,9-10H,5,7-8H2,(H,25,27). The van der Waals surface area contributed by atoms with Crippen LogP contribution in [0.1, 0.15) is 12.0 Å². The van der Waals surface area contributed by atoms with Gasteiger partial charge in [-0.1, -0.05) is 17.8 Å². The molecule has 1 amide bonds. The fourth-order valence-electron chi connectivity index (χ4n) is 2.44. The van der Waals surface area contributed by atoms with Crippen molar-refractivity contribution in [1.82, 2.24) is 14.6 Å². The van der Waals surface area contributed by atoms with Gasteiger partial charge in [-0.2, -0.15) is 17.8 Å². The van der Waals surface area contributed by atoms with E-state index in [1.54, 1.807) is 12.1 Å². The zero-order valence-electron chi connectivity index (χ0n) is 14.7. The Labute approximate surface area is 165 Å². The van der Waals surface area contributed by atoms with Gasteiger partial charge in [0.15, 0.2) is 5.16 Å². The van der Waals surface area contributed by atoms with E-state index >= 15 is 0 Å². The zero-order chi connectivity index (χ0) is 21.0. The maximum absolute atomic E-state index is 13.5. The minimum absolute atomic E-state index is 0.0118. The third kappa shape index (κ3) is 5.53. The first-order valence-corrected chi connectivity index (χ1v) is 9.32. The van der Waals surface area contributed by atoms with Crippen molar-refractivity contribution in [2.75, 3.05) is 11.2 Å². The molecule has 0 saturated carbocycles. The number of carbonyl (C=O) groups excluding carboxylic acids is 1. The highest BCUT2D eigenvalue weighted by Crippen LogP contribution is 2.25. The Morgan fingerprint density at radius 1 is 1.24 bits per heavy atom. The van der Waals surface area contributed by atoms with Crippen LogP contribution in [-0.2, 0) is 11.2 Å². The minimum Gasteiger partial charge on any atom is -0.273 e. The topological polar surface area (TPSA) is 76.9 Å². The van der Waals surface area contributed by atoms with Gasteiger partial charge in [-0.3, -0.25) is 20.0 Å². The molecule has 0 unspecified atom stereocenters. The molecule has 0 aliphatic rings. The van der Waals surface area contributed by atoms with Gasteiger partial charge in [-0.05, 0) is 23.8 Å². The number of amides is 1. The fraction of sp³-hybridized carbons (Fsp3) is 0.222. The molecule has 0 saturated heterocycles. The molecule has 0 aliphatic heterocycles. The monoisotopic (exact) mass is 426 g/mol. The van der Waals surface area contributed by atoms with Gasteiger partial charge in [0.25, 0.3) is 5.56 Å². The average molecular weight is 426 g/mol. The van der Waals surface area contributed by atoms with Gasteiger partial charge >= 0.3 is 6.18 Å². The van der Waals surface area contributed by atoms with E-state index < -0.39 is 35.6 Å². The molecule has 0 fully saturated rings. The first kappa shape index (κ1) is 20.8. The number of carbonyl (C=O) groups is 1. The fourth-order valence-corrected chi connectivity index (χ4v) is 3.38. The quantitative estimate of drug-likeness (QED) is 0.372. The normalized spacial score (nSPS) is 11.6. The number of fused-ring (bicyclic) bond motifs is 1. The SMILES string of the molecule is O=C(Cc1cccnc1)Nn1c(SCCC(F)(F)F)nc2cc(F)ccc2c1=O. The molecule has 0 spiro atoms. The van der Waals surface area contributed by atoms with Crippen LogP contribution in [0, 0.1) is 5.82 Å². The van der Waals surface area contributed by atoms with Gasteiger partial charge in [0, 0.05) is 24.2 Å². The van der Waals surface area contributed by atoms with E-state index in [1.165, 1.54) is 18.5 Å². The van der Waals surface area contributed by atoms with Crippen molar-refractivity contribution in [3.63, 3.8) is 0 Å². The third-order valence-corrected chi connectivity index (χ3v) is 4.68. The van der Waals surface area contributed by atoms with Crippen LogP contribution >= 0.6 is 11.8 Å². The van der Waals surface area contributed by atoms with E-state index in [0.29, 0.717) is 17.3 Å². The summed E-state index contributed by atoms with van der Waals surface area (Å²) in [6.45, 7) is 0. The molecular weight excluding hydrogens is 412 g/mol. The number of pyridine rings is 1. The lowest BCUT2D eigenvalue weighted by Crippen LogP contribution is -2.36. The molecule has 0 bridgehead atoms. The Morgan fingerprint density at radius 2 is 2.03 bits per heavy atom. The molecule has 3 aromatic rings. The van der Waals surface area contributed by atoms with Crippen molar-refractivity contribution in [2.24, 2.45) is 0 Å². The number of nitrogens with zero attached hydrogens (tertiary/aromatic N) is 3. The second kappa shape index (κ2) is 8.60. The second-order valence-electron chi connectivity index (χ2n) is 5.98. The summed E-state index contributed by atoms with van der Waals surface area (Å²) in [5.74, 6) is -1.65. The number of alkyl halides is 3. The molecule has 0 radical (unpaired) electrons. The number of hydrogen-bond acceptors (Lipinski definition) is 5. The highest BCUT2D eigenvalue weighted by atomic mass is 32.2. The summed E-state index contributed by atoms with van der Waals surface area (Å²) in [5.41, 5.74) is 2.21. The summed E-state index contributed by atoms with van der Waals surface area (Å²) < 4.78 is 51.7. The van der Waals surface area contributed by atoms with Crippen LogP contribution in [-0.4, -0.2) is 32.5 Å². The van der Waals surface area contributed by atoms with Crippen molar-refractivity contribution in [2.45, 2.75) is 24.2 Å². The zero-order valence-corrected chi connectivity index (χ0v) is 15.6. The number of thioether (sulfide) groups is 1. The van der Waals surface area contributed by atoms with E-state index in [4.69, 9.17) is 0 Å². The number of nitrogens with one attached hydrogen (secondary N) is 1. The van der Waals surface area contributed by atoms with Crippen molar-refractivity contribution in [3.8, 4) is 0 Å². The predicted molar refractivity (Wildman–Crippen MR) is 99.7 cm³/mol. The number of benzene rings is 1. The Morgan fingerprint density at radius 3 is 2.72 bits per heavy atom. The lowest BCUT2D eigenvalue weighted by atomic mass is 10.2. The number of aromatic nitrogens is 3.